The molecule has 0 atom stereocenters. The smallest absolute Gasteiger partial charge is 0.249 e. The Balaban J connectivity index is 1.79. The fraction of sp³-hybridized carbons (Fsp3) is 0.0625. The van der Waals surface area contributed by atoms with Crippen LogP contribution in [-0.4, -0.2) is 15.2 Å². The second-order valence-corrected chi connectivity index (χ2v) is 5.92. The molecule has 0 bridgehead atoms. The first-order chi connectivity index (χ1) is 11.5. The van der Waals surface area contributed by atoms with Gasteiger partial charge in [0.25, 0.3) is 0 Å². The first kappa shape index (κ1) is 16.3. The summed E-state index contributed by atoms with van der Waals surface area (Å²) in [7, 11) is 0. The molecular formula is C16H12BrF2N5. The van der Waals surface area contributed by atoms with E-state index in [4.69, 9.17) is 0 Å². The van der Waals surface area contributed by atoms with Crippen molar-refractivity contribution in [3.63, 3.8) is 0 Å². The van der Waals surface area contributed by atoms with E-state index in [1.807, 2.05) is 25.1 Å². The van der Waals surface area contributed by atoms with Crippen molar-refractivity contribution in [3.8, 4) is 0 Å². The molecule has 0 aliphatic carbocycles. The van der Waals surface area contributed by atoms with E-state index >= 15 is 0 Å². The molecule has 0 saturated heterocycles. The normalized spacial score (nSPS) is 10.5. The van der Waals surface area contributed by atoms with Crippen molar-refractivity contribution in [1.82, 2.24) is 15.2 Å². The molecule has 0 spiro atoms. The summed E-state index contributed by atoms with van der Waals surface area (Å²) >= 11 is 3.40. The van der Waals surface area contributed by atoms with Crippen LogP contribution in [0.25, 0.3) is 0 Å². The minimum absolute atomic E-state index is 0.285. The van der Waals surface area contributed by atoms with E-state index < -0.39 is 11.6 Å². The third-order valence-corrected chi connectivity index (χ3v) is 3.68. The summed E-state index contributed by atoms with van der Waals surface area (Å²) in [6.07, 6.45) is 1.39. The Morgan fingerprint density at radius 2 is 1.83 bits per heavy atom. The Morgan fingerprint density at radius 1 is 1.00 bits per heavy atom. The maximum Gasteiger partial charge on any atom is 0.249 e. The third-order valence-electron chi connectivity index (χ3n) is 3.19. The van der Waals surface area contributed by atoms with Gasteiger partial charge in [-0.2, -0.15) is 10.1 Å². The average molecular weight is 392 g/mol. The van der Waals surface area contributed by atoms with Gasteiger partial charge in [-0.05, 0) is 42.8 Å². The highest BCUT2D eigenvalue weighted by Gasteiger charge is 2.06. The van der Waals surface area contributed by atoms with Crippen molar-refractivity contribution in [2.45, 2.75) is 6.92 Å². The second-order valence-electron chi connectivity index (χ2n) is 5.00. The zero-order chi connectivity index (χ0) is 17.1. The van der Waals surface area contributed by atoms with Crippen molar-refractivity contribution in [1.29, 1.82) is 0 Å². The number of nitrogens with one attached hydrogen (secondary N) is 2. The number of anilines is 4. The molecule has 122 valence electrons. The maximum absolute atomic E-state index is 13.2. The fourth-order valence-corrected chi connectivity index (χ4v) is 2.50. The highest BCUT2D eigenvalue weighted by Crippen LogP contribution is 2.23. The summed E-state index contributed by atoms with van der Waals surface area (Å²) in [6, 6.07) is 9.23. The molecule has 24 heavy (non-hydrogen) atoms. The first-order valence-electron chi connectivity index (χ1n) is 6.96. The van der Waals surface area contributed by atoms with Gasteiger partial charge in [0.1, 0.15) is 0 Å². The summed E-state index contributed by atoms with van der Waals surface area (Å²) in [5.41, 5.74) is 2.21. The predicted octanol–water partition coefficient (Wildman–Crippen LogP) is 4.71. The lowest BCUT2D eigenvalue weighted by atomic mass is 10.2. The number of hydrogen-bond acceptors (Lipinski definition) is 5. The minimum atomic E-state index is -0.939. The number of aromatic nitrogens is 3. The average Bonchev–Trinajstić information content (AvgIpc) is 2.54. The monoisotopic (exact) mass is 391 g/mol. The zero-order valence-corrected chi connectivity index (χ0v) is 14.1. The molecule has 1 heterocycles. The Bertz CT molecular complexity index is 888. The van der Waals surface area contributed by atoms with Crippen molar-refractivity contribution in [2.24, 2.45) is 0 Å². The van der Waals surface area contributed by atoms with Gasteiger partial charge in [-0.1, -0.05) is 15.9 Å². The van der Waals surface area contributed by atoms with Crippen LogP contribution in [0.1, 0.15) is 5.56 Å². The van der Waals surface area contributed by atoms with Gasteiger partial charge in [-0.25, -0.2) is 8.78 Å². The van der Waals surface area contributed by atoms with E-state index in [-0.39, 0.29) is 5.95 Å². The van der Waals surface area contributed by atoms with Crippen LogP contribution >= 0.6 is 15.9 Å². The van der Waals surface area contributed by atoms with E-state index in [1.165, 1.54) is 12.3 Å². The summed E-state index contributed by atoms with van der Waals surface area (Å²) in [5, 5.41) is 13.7. The molecule has 0 amide bonds. The highest BCUT2D eigenvalue weighted by atomic mass is 79.9. The van der Waals surface area contributed by atoms with Crippen molar-refractivity contribution in [3.05, 3.63) is 64.3 Å². The first-order valence-corrected chi connectivity index (χ1v) is 7.75. The van der Waals surface area contributed by atoms with Gasteiger partial charge >= 0.3 is 0 Å². The summed E-state index contributed by atoms with van der Waals surface area (Å²) in [4.78, 5) is 4.26. The minimum Gasteiger partial charge on any atom is -0.339 e. The van der Waals surface area contributed by atoms with Gasteiger partial charge in [0.05, 0.1) is 6.20 Å². The Morgan fingerprint density at radius 3 is 2.58 bits per heavy atom. The van der Waals surface area contributed by atoms with Crippen molar-refractivity contribution >= 4 is 39.1 Å². The lowest BCUT2D eigenvalue weighted by Crippen LogP contribution is -2.03. The number of hydrogen-bond donors (Lipinski definition) is 2. The zero-order valence-electron chi connectivity index (χ0n) is 12.5. The summed E-state index contributed by atoms with van der Waals surface area (Å²) in [6.45, 7) is 1.95. The van der Waals surface area contributed by atoms with Gasteiger partial charge in [-0.15, -0.1) is 5.10 Å². The molecule has 0 unspecified atom stereocenters. The standard InChI is InChI=1S/C16H12BrF2N5/c1-9-6-10(17)2-5-14(9)22-16-23-15(8-20-24-16)21-11-3-4-12(18)13(19)7-11/h2-8H,1H3,(H2,21,22,23,24). The van der Waals surface area contributed by atoms with E-state index in [0.717, 1.165) is 27.9 Å². The molecule has 1 aromatic heterocycles. The molecule has 0 saturated carbocycles. The molecule has 5 nitrogen and oxygen atoms in total. The predicted molar refractivity (Wildman–Crippen MR) is 91.6 cm³/mol. The van der Waals surface area contributed by atoms with Crippen LogP contribution < -0.4 is 10.6 Å². The topological polar surface area (TPSA) is 62.7 Å². The summed E-state index contributed by atoms with van der Waals surface area (Å²) < 4.78 is 27.2. The fourth-order valence-electron chi connectivity index (χ4n) is 2.03. The van der Waals surface area contributed by atoms with Crippen LogP contribution in [0.5, 0.6) is 0 Å². The van der Waals surface area contributed by atoms with Crippen LogP contribution in [0, 0.1) is 18.6 Å². The molecule has 8 heteroatoms. The molecule has 0 aliphatic heterocycles. The molecule has 0 aliphatic rings. The SMILES string of the molecule is Cc1cc(Br)ccc1Nc1nncc(Nc2ccc(F)c(F)c2)n1. The van der Waals surface area contributed by atoms with Gasteiger partial charge in [0.15, 0.2) is 17.5 Å². The number of benzene rings is 2. The third kappa shape index (κ3) is 3.83. The van der Waals surface area contributed by atoms with Crippen LogP contribution in [0.3, 0.4) is 0 Å². The highest BCUT2D eigenvalue weighted by molar-refractivity contribution is 9.10. The molecular weight excluding hydrogens is 380 g/mol. The van der Waals surface area contributed by atoms with Gasteiger partial charge in [-0.3, -0.25) is 0 Å². The van der Waals surface area contributed by atoms with Crippen molar-refractivity contribution in [2.75, 3.05) is 10.6 Å². The van der Waals surface area contributed by atoms with Crippen LogP contribution in [-0.2, 0) is 0 Å². The second kappa shape index (κ2) is 6.88. The van der Waals surface area contributed by atoms with E-state index in [9.17, 15) is 8.78 Å². The number of rotatable bonds is 4. The Hall–Kier alpha value is -2.61. The number of halogens is 3. The van der Waals surface area contributed by atoms with Gasteiger partial charge < -0.3 is 10.6 Å². The largest absolute Gasteiger partial charge is 0.339 e. The number of nitrogens with zero attached hydrogens (tertiary/aromatic N) is 3. The van der Waals surface area contributed by atoms with E-state index in [2.05, 4.69) is 41.7 Å². The van der Waals surface area contributed by atoms with E-state index in [1.54, 1.807) is 0 Å². The lowest BCUT2D eigenvalue weighted by Gasteiger charge is -2.10. The van der Waals surface area contributed by atoms with Gasteiger partial charge in [0.2, 0.25) is 5.95 Å². The van der Waals surface area contributed by atoms with Crippen LogP contribution in [0.2, 0.25) is 0 Å². The lowest BCUT2D eigenvalue weighted by molar-refractivity contribution is 0.509. The Labute approximate surface area is 145 Å². The van der Waals surface area contributed by atoms with E-state index in [0.29, 0.717) is 11.5 Å². The molecule has 2 aromatic carbocycles. The maximum atomic E-state index is 13.2. The number of aryl methyl sites for hydroxylation is 1. The Kier molecular flexibility index (Phi) is 4.66. The molecule has 3 rings (SSSR count). The quantitative estimate of drug-likeness (QED) is 0.674. The molecule has 0 fully saturated rings. The molecule has 3 aromatic rings. The van der Waals surface area contributed by atoms with Gasteiger partial charge in [0, 0.05) is 21.9 Å². The summed E-state index contributed by atoms with van der Waals surface area (Å²) in [5.74, 6) is -1.21. The molecule has 0 radical (unpaired) electrons. The van der Waals surface area contributed by atoms with Crippen LogP contribution in [0.15, 0.2) is 47.1 Å². The van der Waals surface area contributed by atoms with Crippen molar-refractivity contribution < 1.29 is 8.78 Å². The van der Waals surface area contributed by atoms with Crippen LogP contribution in [0.4, 0.5) is 31.9 Å². The molecule has 2 N–H and O–H groups in total.